The van der Waals surface area contributed by atoms with Crippen LogP contribution in [0.2, 0.25) is 0 Å². The molecule has 0 saturated carbocycles. The third kappa shape index (κ3) is 2.30. The normalized spacial score (nSPS) is 12.7. The highest BCUT2D eigenvalue weighted by atomic mass is 15.6. The maximum absolute atomic E-state index is 3.98. The van der Waals surface area contributed by atoms with Crippen LogP contribution in [0.25, 0.3) is 0 Å². The van der Waals surface area contributed by atoms with E-state index in [1.807, 2.05) is 10.8 Å². The molecule has 7 heteroatoms. The first kappa shape index (κ1) is 9.63. The molecule has 0 amide bonds. The summed E-state index contributed by atoms with van der Waals surface area (Å²) in [5.41, 5.74) is 0. The molecule has 2 heterocycles. The average Bonchev–Trinajstić information content (AvgIpc) is 2.79. The Morgan fingerprint density at radius 1 is 1.53 bits per heavy atom. The number of tetrazole rings is 1. The van der Waals surface area contributed by atoms with Gasteiger partial charge in [-0.15, -0.1) is 0 Å². The summed E-state index contributed by atoms with van der Waals surface area (Å²) in [6.45, 7) is 2.89. The van der Waals surface area contributed by atoms with Crippen LogP contribution < -0.4 is 5.32 Å². The molecule has 0 aliphatic rings. The van der Waals surface area contributed by atoms with Crippen LogP contribution in [0, 0.1) is 0 Å². The summed E-state index contributed by atoms with van der Waals surface area (Å²) in [5, 5.41) is 14.4. The molecule has 7 nitrogen and oxygen atoms in total. The molecule has 0 aliphatic carbocycles. The zero-order valence-corrected chi connectivity index (χ0v) is 8.70. The lowest BCUT2D eigenvalue weighted by Gasteiger charge is -2.13. The second-order valence-corrected chi connectivity index (χ2v) is 3.43. The molecule has 0 bridgehead atoms. The molecule has 2 aromatic heterocycles. The van der Waals surface area contributed by atoms with Gasteiger partial charge in [-0.1, -0.05) is 5.10 Å². The highest BCUT2D eigenvalue weighted by Crippen LogP contribution is 2.01. The molecule has 0 fully saturated rings. The van der Waals surface area contributed by atoms with Crippen LogP contribution in [-0.2, 0) is 13.6 Å². The van der Waals surface area contributed by atoms with Crippen molar-refractivity contribution in [2.75, 3.05) is 5.32 Å². The van der Waals surface area contributed by atoms with Crippen molar-refractivity contribution in [3.63, 3.8) is 0 Å². The minimum absolute atomic E-state index is 0.240. The molecular formula is C8H13N7. The number of imidazole rings is 1. The maximum Gasteiger partial charge on any atom is 0.242 e. The summed E-state index contributed by atoms with van der Waals surface area (Å²) in [6.07, 6.45) is 5.47. The van der Waals surface area contributed by atoms with Crippen LogP contribution in [0.3, 0.4) is 0 Å². The summed E-state index contributed by atoms with van der Waals surface area (Å²) in [5.74, 6) is 0.669. The monoisotopic (exact) mass is 207 g/mol. The minimum Gasteiger partial charge on any atom is -0.349 e. The smallest absolute Gasteiger partial charge is 0.242 e. The fraction of sp³-hybridized carbons (Fsp3) is 0.500. The van der Waals surface area contributed by atoms with Crippen LogP contribution in [0.5, 0.6) is 0 Å². The molecule has 15 heavy (non-hydrogen) atoms. The summed E-state index contributed by atoms with van der Waals surface area (Å²) in [6, 6.07) is 0.240. The highest BCUT2D eigenvalue weighted by molar-refractivity contribution is 5.22. The van der Waals surface area contributed by atoms with E-state index in [0.29, 0.717) is 5.95 Å². The van der Waals surface area contributed by atoms with Gasteiger partial charge in [0, 0.05) is 32.0 Å². The van der Waals surface area contributed by atoms with Crippen molar-refractivity contribution < 1.29 is 0 Å². The standard InChI is InChI=1S/C8H13N7/c1-7(5-15-4-3-9-6-15)10-8-11-12-13-14(8)2/h3-4,6-7H,5H2,1-2H3,(H,10,11,13). The van der Waals surface area contributed by atoms with E-state index in [9.17, 15) is 0 Å². The van der Waals surface area contributed by atoms with Gasteiger partial charge >= 0.3 is 0 Å². The molecule has 2 rings (SSSR count). The van der Waals surface area contributed by atoms with E-state index < -0.39 is 0 Å². The van der Waals surface area contributed by atoms with Crippen LogP contribution in [0.1, 0.15) is 6.92 Å². The van der Waals surface area contributed by atoms with E-state index in [1.54, 1.807) is 24.3 Å². The van der Waals surface area contributed by atoms with Gasteiger partial charge in [-0.05, 0) is 17.4 Å². The van der Waals surface area contributed by atoms with Crippen LogP contribution in [-0.4, -0.2) is 35.8 Å². The number of hydrogen-bond donors (Lipinski definition) is 1. The van der Waals surface area contributed by atoms with Gasteiger partial charge in [0.05, 0.1) is 6.33 Å². The van der Waals surface area contributed by atoms with E-state index in [2.05, 4.69) is 32.7 Å². The molecular weight excluding hydrogens is 194 g/mol. The molecule has 0 spiro atoms. The number of nitrogens with one attached hydrogen (secondary N) is 1. The average molecular weight is 207 g/mol. The third-order valence-electron chi connectivity index (χ3n) is 2.04. The van der Waals surface area contributed by atoms with Gasteiger partial charge in [-0.25, -0.2) is 9.67 Å². The number of nitrogens with zero attached hydrogens (tertiary/aromatic N) is 6. The van der Waals surface area contributed by atoms with Crippen molar-refractivity contribution >= 4 is 5.95 Å². The summed E-state index contributed by atoms with van der Waals surface area (Å²) >= 11 is 0. The summed E-state index contributed by atoms with van der Waals surface area (Å²) in [4.78, 5) is 3.98. The Labute approximate surface area is 87.1 Å². The van der Waals surface area contributed by atoms with E-state index in [4.69, 9.17) is 0 Å². The fourth-order valence-corrected chi connectivity index (χ4v) is 1.33. The molecule has 1 unspecified atom stereocenters. The molecule has 2 aromatic rings. The van der Waals surface area contributed by atoms with Crippen LogP contribution in [0.15, 0.2) is 18.7 Å². The Bertz CT molecular complexity index is 404. The van der Waals surface area contributed by atoms with Gasteiger partial charge in [0.25, 0.3) is 0 Å². The second kappa shape index (κ2) is 4.07. The van der Waals surface area contributed by atoms with Gasteiger partial charge in [-0.2, -0.15) is 0 Å². The molecule has 80 valence electrons. The molecule has 1 N–H and O–H groups in total. The quantitative estimate of drug-likeness (QED) is 0.758. The van der Waals surface area contributed by atoms with Crippen molar-refractivity contribution in [2.24, 2.45) is 7.05 Å². The predicted octanol–water partition coefficient (Wildman–Crippen LogP) is -0.0928. The largest absolute Gasteiger partial charge is 0.349 e. The van der Waals surface area contributed by atoms with E-state index >= 15 is 0 Å². The van der Waals surface area contributed by atoms with E-state index in [0.717, 1.165) is 6.54 Å². The number of hydrogen-bond acceptors (Lipinski definition) is 5. The Morgan fingerprint density at radius 2 is 2.40 bits per heavy atom. The first-order chi connectivity index (χ1) is 7.25. The zero-order valence-electron chi connectivity index (χ0n) is 8.70. The van der Waals surface area contributed by atoms with Gasteiger partial charge in [0.15, 0.2) is 0 Å². The molecule has 0 aliphatic heterocycles. The minimum atomic E-state index is 0.240. The highest BCUT2D eigenvalue weighted by Gasteiger charge is 2.06. The maximum atomic E-state index is 3.98. The van der Waals surface area contributed by atoms with Crippen LogP contribution in [0.4, 0.5) is 5.95 Å². The zero-order chi connectivity index (χ0) is 10.7. The van der Waals surface area contributed by atoms with Crippen molar-refractivity contribution in [1.82, 2.24) is 29.8 Å². The molecule has 0 aromatic carbocycles. The summed E-state index contributed by atoms with van der Waals surface area (Å²) in [7, 11) is 1.80. The lowest BCUT2D eigenvalue weighted by molar-refractivity contribution is 0.608. The lowest BCUT2D eigenvalue weighted by Crippen LogP contribution is -2.23. The Balaban J connectivity index is 1.93. The molecule has 0 saturated heterocycles. The topological polar surface area (TPSA) is 73.5 Å². The molecule has 1 atom stereocenters. The first-order valence-corrected chi connectivity index (χ1v) is 4.70. The SMILES string of the molecule is CC(Cn1ccnc1)Nc1nnnn1C. The Kier molecular flexibility index (Phi) is 2.61. The van der Waals surface area contributed by atoms with Crippen molar-refractivity contribution in [2.45, 2.75) is 19.5 Å². The van der Waals surface area contributed by atoms with Crippen LogP contribution >= 0.6 is 0 Å². The van der Waals surface area contributed by atoms with Gasteiger partial charge in [0.1, 0.15) is 0 Å². The van der Waals surface area contributed by atoms with E-state index in [-0.39, 0.29) is 6.04 Å². The number of anilines is 1. The van der Waals surface area contributed by atoms with Crippen molar-refractivity contribution in [3.05, 3.63) is 18.7 Å². The number of rotatable bonds is 4. The third-order valence-corrected chi connectivity index (χ3v) is 2.04. The van der Waals surface area contributed by atoms with Gasteiger partial charge in [0.2, 0.25) is 5.95 Å². The number of aryl methyl sites for hydroxylation is 1. The Hall–Kier alpha value is -1.92. The van der Waals surface area contributed by atoms with E-state index in [1.165, 1.54) is 0 Å². The van der Waals surface area contributed by atoms with Crippen molar-refractivity contribution in [3.8, 4) is 0 Å². The second-order valence-electron chi connectivity index (χ2n) is 3.43. The lowest BCUT2D eigenvalue weighted by atomic mass is 10.3. The number of aromatic nitrogens is 6. The fourth-order valence-electron chi connectivity index (χ4n) is 1.33. The molecule has 0 radical (unpaired) electrons. The van der Waals surface area contributed by atoms with Gasteiger partial charge in [-0.3, -0.25) is 0 Å². The van der Waals surface area contributed by atoms with Crippen molar-refractivity contribution in [1.29, 1.82) is 0 Å². The summed E-state index contributed by atoms with van der Waals surface area (Å²) < 4.78 is 3.60. The first-order valence-electron chi connectivity index (χ1n) is 4.70. The predicted molar refractivity (Wildman–Crippen MR) is 54.1 cm³/mol. The van der Waals surface area contributed by atoms with Gasteiger partial charge < -0.3 is 9.88 Å². The Morgan fingerprint density at radius 3 is 3.00 bits per heavy atom.